The fourth-order valence-corrected chi connectivity index (χ4v) is 4.38. The summed E-state index contributed by atoms with van der Waals surface area (Å²) >= 11 is 7.34. The van der Waals surface area contributed by atoms with Crippen LogP contribution >= 0.6 is 23.5 Å². The maximum atomic E-state index is 12.5. The molecule has 2 aromatic carbocycles. The number of anilines is 2. The Balaban J connectivity index is 1.60. The second kappa shape index (κ2) is 9.03. The maximum absolute atomic E-state index is 12.5. The van der Waals surface area contributed by atoms with Gasteiger partial charge in [-0.25, -0.2) is 4.98 Å². The minimum absolute atomic E-state index is 0.127. The highest BCUT2D eigenvalue weighted by atomic mass is 35.5. The van der Waals surface area contributed by atoms with E-state index in [-0.39, 0.29) is 12.3 Å². The average Bonchev–Trinajstić information content (AvgIpc) is 2.75. The molecule has 7 heteroatoms. The van der Waals surface area contributed by atoms with E-state index in [9.17, 15) is 4.79 Å². The number of nitrogens with one attached hydrogen (secondary N) is 1. The van der Waals surface area contributed by atoms with E-state index in [1.54, 1.807) is 6.07 Å². The first-order chi connectivity index (χ1) is 14.1. The van der Waals surface area contributed by atoms with Crippen LogP contribution in [0.1, 0.15) is 24.8 Å². The predicted octanol–water partition coefficient (Wildman–Crippen LogP) is 5.03. The standard InChI is InChI=1S/C22H23ClN4OS/c23-18-7-3-2-6-15(18)12-22(28)25-16-13-19-17(20(14-16)29-24)8-9-21(26-19)27-10-4-1-5-11-27/h2-3,6-9,13-14H,1,4-5,10-12,24H2,(H,25,28). The van der Waals surface area contributed by atoms with Crippen molar-refractivity contribution < 1.29 is 4.79 Å². The first-order valence-electron chi connectivity index (χ1n) is 9.74. The Hall–Kier alpha value is -2.28. The lowest BCUT2D eigenvalue weighted by molar-refractivity contribution is -0.115. The van der Waals surface area contributed by atoms with Gasteiger partial charge in [0.25, 0.3) is 0 Å². The highest BCUT2D eigenvalue weighted by Gasteiger charge is 2.15. The Morgan fingerprint density at radius 1 is 1.14 bits per heavy atom. The highest BCUT2D eigenvalue weighted by Crippen LogP contribution is 2.30. The van der Waals surface area contributed by atoms with E-state index in [1.165, 1.54) is 19.3 Å². The summed E-state index contributed by atoms with van der Waals surface area (Å²) in [6.45, 7) is 2.07. The lowest BCUT2D eigenvalue weighted by Crippen LogP contribution is -2.30. The zero-order valence-electron chi connectivity index (χ0n) is 16.0. The minimum atomic E-state index is -0.127. The van der Waals surface area contributed by atoms with Crippen molar-refractivity contribution in [3.8, 4) is 0 Å². The van der Waals surface area contributed by atoms with E-state index in [4.69, 9.17) is 21.7 Å². The molecule has 1 aliphatic heterocycles. The number of aromatic nitrogens is 1. The molecule has 0 bridgehead atoms. The maximum Gasteiger partial charge on any atom is 0.228 e. The summed E-state index contributed by atoms with van der Waals surface area (Å²) in [5.41, 5.74) is 2.31. The lowest BCUT2D eigenvalue weighted by Gasteiger charge is -2.28. The van der Waals surface area contributed by atoms with Crippen molar-refractivity contribution in [2.45, 2.75) is 30.6 Å². The van der Waals surface area contributed by atoms with Crippen LogP contribution in [0.4, 0.5) is 11.5 Å². The van der Waals surface area contributed by atoms with E-state index in [1.807, 2.05) is 30.3 Å². The molecule has 0 spiro atoms. The molecule has 0 saturated carbocycles. The van der Waals surface area contributed by atoms with Crippen LogP contribution in [0.15, 0.2) is 53.4 Å². The van der Waals surface area contributed by atoms with Gasteiger partial charge in [-0.05, 0) is 67.1 Å². The smallest absolute Gasteiger partial charge is 0.228 e. The zero-order chi connectivity index (χ0) is 20.2. The molecule has 2 heterocycles. The van der Waals surface area contributed by atoms with Crippen LogP contribution in [-0.2, 0) is 11.2 Å². The monoisotopic (exact) mass is 426 g/mol. The summed E-state index contributed by atoms with van der Waals surface area (Å²) in [6, 6.07) is 15.3. The van der Waals surface area contributed by atoms with E-state index in [2.05, 4.69) is 22.3 Å². The molecular formula is C22H23ClN4OS. The van der Waals surface area contributed by atoms with Crippen molar-refractivity contribution in [1.29, 1.82) is 0 Å². The van der Waals surface area contributed by atoms with Crippen molar-refractivity contribution in [3.05, 3.63) is 59.1 Å². The van der Waals surface area contributed by atoms with Crippen LogP contribution in [0.2, 0.25) is 5.02 Å². The molecule has 3 aromatic rings. The third-order valence-corrected chi connectivity index (χ3v) is 6.11. The van der Waals surface area contributed by atoms with Gasteiger partial charge in [0.15, 0.2) is 0 Å². The molecule has 0 radical (unpaired) electrons. The molecule has 4 rings (SSSR count). The SMILES string of the molecule is NSc1cc(NC(=O)Cc2ccccc2Cl)cc2nc(N3CCCCC3)ccc12. The molecule has 1 aromatic heterocycles. The first kappa shape index (κ1) is 20.0. The third kappa shape index (κ3) is 4.66. The van der Waals surface area contributed by atoms with E-state index in [0.717, 1.165) is 52.2 Å². The van der Waals surface area contributed by atoms with Gasteiger partial charge in [0.05, 0.1) is 11.9 Å². The van der Waals surface area contributed by atoms with Crippen molar-refractivity contribution in [2.24, 2.45) is 5.14 Å². The molecule has 0 unspecified atom stereocenters. The molecule has 1 aliphatic rings. The lowest BCUT2D eigenvalue weighted by atomic mass is 10.1. The largest absolute Gasteiger partial charge is 0.357 e. The van der Waals surface area contributed by atoms with Crippen LogP contribution in [0.3, 0.4) is 0 Å². The number of amides is 1. The Morgan fingerprint density at radius 2 is 1.93 bits per heavy atom. The number of nitrogens with two attached hydrogens (primary N) is 1. The van der Waals surface area contributed by atoms with Gasteiger partial charge in [0.2, 0.25) is 5.91 Å². The number of nitrogens with zero attached hydrogens (tertiary/aromatic N) is 2. The van der Waals surface area contributed by atoms with Crippen LogP contribution in [-0.4, -0.2) is 24.0 Å². The molecule has 150 valence electrons. The summed E-state index contributed by atoms with van der Waals surface area (Å²) in [5.74, 6) is 0.849. The minimum Gasteiger partial charge on any atom is -0.357 e. The number of benzene rings is 2. The van der Waals surface area contributed by atoms with Gasteiger partial charge in [-0.15, -0.1) is 0 Å². The van der Waals surface area contributed by atoms with Crippen LogP contribution in [0.5, 0.6) is 0 Å². The van der Waals surface area contributed by atoms with Crippen LogP contribution in [0, 0.1) is 0 Å². The number of rotatable bonds is 5. The highest BCUT2D eigenvalue weighted by molar-refractivity contribution is 7.97. The molecule has 0 atom stereocenters. The second-order valence-corrected chi connectivity index (χ2v) is 8.28. The number of hydrogen-bond acceptors (Lipinski definition) is 5. The molecule has 29 heavy (non-hydrogen) atoms. The van der Waals surface area contributed by atoms with Crippen molar-refractivity contribution in [3.63, 3.8) is 0 Å². The Morgan fingerprint density at radius 3 is 2.69 bits per heavy atom. The molecule has 1 saturated heterocycles. The van der Waals surface area contributed by atoms with E-state index >= 15 is 0 Å². The number of fused-ring (bicyclic) bond motifs is 1. The van der Waals surface area contributed by atoms with Gasteiger partial charge in [-0.1, -0.05) is 29.8 Å². The molecule has 1 amide bonds. The van der Waals surface area contributed by atoms with Gasteiger partial charge in [0.1, 0.15) is 5.82 Å². The number of carbonyl (C=O) groups is 1. The topological polar surface area (TPSA) is 71.2 Å². The van der Waals surface area contributed by atoms with Crippen molar-refractivity contribution >= 4 is 51.9 Å². The average molecular weight is 427 g/mol. The van der Waals surface area contributed by atoms with E-state index in [0.29, 0.717) is 10.7 Å². The molecule has 0 aliphatic carbocycles. The second-order valence-electron chi connectivity index (χ2n) is 7.19. The van der Waals surface area contributed by atoms with Gasteiger partial charge in [0, 0.05) is 34.1 Å². The number of carbonyl (C=O) groups excluding carboxylic acids is 1. The number of hydrogen-bond donors (Lipinski definition) is 2. The summed E-state index contributed by atoms with van der Waals surface area (Å²) < 4.78 is 0. The Labute approximate surface area is 179 Å². The number of halogens is 1. The molecule has 5 nitrogen and oxygen atoms in total. The van der Waals surface area contributed by atoms with Crippen molar-refractivity contribution in [2.75, 3.05) is 23.3 Å². The first-order valence-corrected chi connectivity index (χ1v) is 11.0. The number of piperidine rings is 1. The van der Waals surface area contributed by atoms with Gasteiger partial charge < -0.3 is 10.2 Å². The van der Waals surface area contributed by atoms with E-state index < -0.39 is 0 Å². The predicted molar refractivity (Wildman–Crippen MR) is 122 cm³/mol. The third-order valence-electron chi connectivity index (χ3n) is 5.15. The summed E-state index contributed by atoms with van der Waals surface area (Å²) in [6.07, 6.45) is 3.88. The fourth-order valence-electron chi connectivity index (χ4n) is 3.68. The molecular weight excluding hydrogens is 404 g/mol. The van der Waals surface area contributed by atoms with Crippen molar-refractivity contribution in [1.82, 2.24) is 4.98 Å². The Kier molecular flexibility index (Phi) is 6.23. The summed E-state index contributed by atoms with van der Waals surface area (Å²) in [4.78, 5) is 20.6. The van der Waals surface area contributed by atoms with Gasteiger partial charge in [-0.2, -0.15) is 0 Å². The summed E-state index contributed by atoms with van der Waals surface area (Å²) in [5, 5.41) is 10.4. The zero-order valence-corrected chi connectivity index (χ0v) is 17.6. The number of pyridine rings is 1. The fraction of sp³-hybridized carbons (Fsp3) is 0.273. The molecule has 1 fully saturated rings. The summed E-state index contributed by atoms with van der Waals surface area (Å²) in [7, 11) is 0. The van der Waals surface area contributed by atoms with Gasteiger partial charge in [-0.3, -0.25) is 9.93 Å². The normalized spacial score (nSPS) is 14.2. The quantitative estimate of drug-likeness (QED) is 0.560. The van der Waals surface area contributed by atoms with Gasteiger partial charge >= 0.3 is 0 Å². The Bertz CT molecular complexity index is 1040. The van der Waals surface area contributed by atoms with Crippen LogP contribution < -0.4 is 15.4 Å². The molecule has 3 N–H and O–H groups in total. The van der Waals surface area contributed by atoms with Crippen LogP contribution in [0.25, 0.3) is 10.9 Å².